The van der Waals surface area contributed by atoms with Crippen LogP contribution in [0.15, 0.2) is 30.3 Å². The minimum Gasteiger partial charge on any atom is -0.486 e. The average Bonchev–Trinajstić information content (AvgIpc) is 2.48. The molecule has 0 spiro atoms. The predicted molar refractivity (Wildman–Crippen MR) is 81.3 cm³/mol. The highest BCUT2D eigenvalue weighted by atomic mass is 35.5. The molecule has 0 saturated heterocycles. The molecule has 0 aliphatic carbocycles. The molecule has 3 rings (SSSR count). The zero-order valence-corrected chi connectivity index (χ0v) is 12.8. The van der Waals surface area contributed by atoms with Crippen molar-refractivity contribution in [1.29, 1.82) is 0 Å². The van der Waals surface area contributed by atoms with Gasteiger partial charge >= 0.3 is 0 Å². The van der Waals surface area contributed by atoms with E-state index in [1.165, 1.54) is 0 Å². The fourth-order valence-corrected chi connectivity index (χ4v) is 2.98. The number of alkyl halides is 1. The molecule has 0 amide bonds. The quantitative estimate of drug-likeness (QED) is 0.732. The molecule has 1 heterocycles. The SMILES string of the molecule is Cc1cccc(C(Cl)c2cc3c(cc2Cl)OCCO3)c1F. The van der Waals surface area contributed by atoms with E-state index < -0.39 is 5.38 Å². The van der Waals surface area contributed by atoms with Crippen LogP contribution >= 0.6 is 23.2 Å². The van der Waals surface area contributed by atoms with Crippen LogP contribution in [0.25, 0.3) is 0 Å². The fraction of sp³-hybridized carbons (Fsp3) is 0.250. The fourth-order valence-electron chi connectivity index (χ4n) is 2.31. The van der Waals surface area contributed by atoms with Crippen LogP contribution in [0.5, 0.6) is 11.5 Å². The monoisotopic (exact) mass is 326 g/mol. The first-order chi connectivity index (χ1) is 10.1. The second kappa shape index (κ2) is 5.74. The Hall–Kier alpha value is -1.45. The maximum absolute atomic E-state index is 14.2. The zero-order chi connectivity index (χ0) is 15.0. The van der Waals surface area contributed by atoms with E-state index in [-0.39, 0.29) is 5.82 Å². The third-order valence-electron chi connectivity index (χ3n) is 3.43. The molecule has 0 radical (unpaired) electrons. The Kier molecular flexibility index (Phi) is 3.96. The van der Waals surface area contributed by atoms with Crippen LogP contribution < -0.4 is 9.47 Å². The van der Waals surface area contributed by atoms with Crippen molar-refractivity contribution in [3.8, 4) is 11.5 Å². The molecule has 1 unspecified atom stereocenters. The van der Waals surface area contributed by atoms with Crippen LogP contribution in [0.3, 0.4) is 0 Å². The summed E-state index contributed by atoms with van der Waals surface area (Å²) >= 11 is 12.7. The van der Waals surface area contributed by atoms with E-state index >= 15 is 0 Å². The number of hydrogen-bond donors (Lipinski definition) is 0. The maximum atomic E-state index is 14.2. The summed E-state index contributed by atoms with van der Waals surface area (Å²) in [5, 5.41) is -0.256. The van der Waals surface area contributed by atoms with Crippen molar-refractivity contribution < 1.29 is 13.9 Å². The van der Waals surface area contributed by atoms with Crippen molar-refractivity contribution in [2.75, 3.05) is 13.2 Å². The van der Waals surface area contributed by atoms with E-state index in [1.807, 2.05) is 0 Å². The van der Waals surface area contributed by atoms with Gasteiger partial charge in [0.2, 0.25) is 0 Å². The molecule has 0 N–H and O–H groups in total. The topological polar surface area (TPSA) is 18.5 Å². The van der Waals surface area contributed by atoms with Crippen molar-refractivity contribution in [3.63, 3.8) is 0 Å². The van der Waals surface area contributed by atoms with Crippen molar-refractivity contribution in [1.82, 2.24) is 0 Å². The lowest BCUT2D eigenvalue weighted by molar-refractivity contribution is 0.171. The summed E-state index contributed by atoms with van der Waals surface area (Å²) in [6, 6.07) is 8.51. The Bertz CT molecular complexity index is 688. The van der Waals surface area contributed by atoms with E-state index in [9.17, 15) is 4.39 Å². The average molecular weight is 327 g/mol. The van der Waals surface area contributed by atoms with Gasteiger partial charge in [-0.3, -0.25) is 0 Å². The molecule has 5 heteroatoms. The molecular formula is C16H13Cl2FO2. The molecule has 1 atom stereocenters. The lowest BCUT2D eigenvalue weighted by Gasteiger charge is -2.21. The van der Waals surface area contributed by atoms with Crippen LogP contribution in [0.2, 0.25) is 5.02 Å². The highest BCUT2D eigenvalue weighted by molar-refractivity contribution is 6.33. The van der Waals surface area contributed by atoms with Gasteiger partial charge in [-0.2, -0.15) is 0 Å². The van der Waals surface area contributed by atoms with Gasteiger partial charge < -0.3 is 9.47 Å². The Morgan fingerprint density at radius 1 is 1.10 bits per heavy atom. The highest BCUT2D eigenvalue weighted by Gasteiger charge is 2.22. The van der Waals surface area contributed by atoms with Crippen molar-refractivity contribution >= 4 is 23.2 Å². The first-order valence-electron chi connectivity index (χ1n) is 6.56. The van der Waals surface area contributed by atoms with Gasteiger partial charge in [0.1, 0.15) is 19.0 Å². The lowest BCUT2D eigenvalue weighted by Crippen LogP contribution is -2.15. The van der Waals surface area contributed by atoms with E-state index in [0.717, 1.165) is 0 Å². The predicted octanol–water partition coefficient (Wildman–Crippen LogP) is 4.89. The van der Waals surface area contributed by atoms with Gasteiger partial charge in [-0.1, -0.05) is 29.8 Å². The molecule has 21 heavy (non-hydrogen) atoms. The summed E-state index contributed by atoms with van der Waals surface area (Å²) < 4.78 is 25.2. The molecule has 0 fully saturated rings. The van der Waals surface area contributed by atoms with E-state index in [4.69, 9.17) is 32.7 Å². The standard InChI is InChI=1S/C16H13Cl2FO2/c1-9-3-2-4-10(16(9)19)15(18)11-7-13-14(8-12(11)17)21-6-5-20-13/h2-4,7-8,15H,5-6H2,1H3. The number of ether oxygens (including phenoxy) is 2. The summed E-state index contributed by atoms with van der Waals surface area (Å²) in [6.07, 6.45) is 0. The van der Waals surface area contributed by atoms with Gasteiger partial charge in [0.05, 0.1) is 5.38 Å². The van der Waals surface area contributed by atoms with Gasteiger partial charge in [0.15, 0.2) is 11.5 Å². The van der Waals surface area contributed by atoms with Crippen LogP contribution in [0, 0.1) is 12.7 Å². The first kappa shape index (κ1) is 14.5. The van der Waals surface area contributed by atoms with E-state index in [0.29, 0.717) is 46.4 Å². The third kappa shape index (κ3) is 2.68. The molecular weight excluding hydrogens is 314 g/mol. The van der Waals surface area contributed by atoms with Gasteiger partial charge in [-0.25, -0.2) is 4.39 Å². The molecule has 2 aromatic carbocycles. The van der Waals surface area contributed by atoms with Gasteiger partial charge in [0, 0.05) is 16.7 Å². The molecule has 1 aliphatic heterocycles. The largest absolute Gasteiger partial charge is 0.486 e. The molecule has 2 aromatic rings. The summed E-state index contributed by atoms with van der Waals surface area (Å²) in [5.41, 5.74) is 1.55. The van der Waals surface area contributed by atoms with Gasteiger partial charge in [0.25, 0.3) is 0 Å². The van der Waals surface area contributed by atoms with Crippen LogP contribution in [0.4, 0.5) is 4.39 Å². The Morgan fingerprint density at radius 2 is 1.76 bits per heavy atom. The number of aryl methyl sites for hydroxylation is 1. The van der Waals surface area contributed by atoms with E-state index in [2.05, 4.69) is 0 Å². The van der Waals surface area contributed by atoms with Gasteiger partial charge in [-0.15, -0.1) is 11.6 Å². The Morgan fingerprint density at radius 3 is 2.48 bits per heavy atom. The zero-order valence-electron chi connectivity index (χ0n) is 11.3. The summed E-state index contributed by atoms with van der Waals surface area (Å²) in [6.45, 7) is 2.66. The van der Waals surface area contributed by atoms with Gasteiger partial charge in [-0.05, 0) is 24.1 Å². The highest BCUT2D eigenvalue weighted by Crippen LogP contribution is 2.42. The van der Waals surface area contributed by atoms with Crippen molar-refractivity contribution in [2.24, 2.45) is 0 Å². The summed E-state index contributed by atoms with van der Waals surface area (Å²) in [7, 11) is 0. The molecule has 0 saturated carbocycles. The van der Waals surface area contributed by atoms with Crippen LogP contribution in [-0.4, -0.2) is 13.2 Å². The normalized spacial score (nSPS) is 14.9. The lowest BCUT2D eigenvalue weighted by atomic mass is 10.0. The number of halogens is 3. The number of rotatable bonds is 2. The molecule has 1 aliphatic rings. The van der Waals surface area contributed by atoms with Crippen molar-refractivity contribution in [3.05, 3.63) is 57.9 Å². The summed E-state index contributed by atoms with van der Waals surface area (Å²) in [4.78, 5) is 0. The minimum atomic E-state index is -0.687. The second-order valence-corrected chi connectivity index (χ2v) is 5.70. The number of benzene rings is 2. The molecule has 2 nitrogen and oxygen atoms in total. The van der Waals surface area contributed by atoms with Crippen LogP contribution in [0.1, 0.15) is 22.1 Å². The molecule has 110 valence electrons. The van der Waals surface area contributed by atoms with E-state index in [1.54, 1.807) is 37.3 Å². The number of fused-ring (bicyclic) bond motifs is 1. The molecule has 0 aromatic heterocycles. The molecule has 0 bridgehead atoms. The van der Waals surface area contributed by atoms with Crippen LogP contribution in [-0.2, 0) is 0 Å². The smallest absolute Gasteiger partial charge is 0.162 e. The third-order valence-corrected chi connectivity index (χ3v) is 4.23. The maximum Gasteiger partial charge on any atom is 0.162 e. The summed E-state index contributed by atoms with van der Waals surface area (Å²) in [5.74, 6) is 0.853. The number of hydrogen-bond acceptors (Lipinski definition) is 2. The second-order valence-electron chi connectivity index (χ2n) is 4.86. The van der Waals surface area contributed by atoms with Crippen molar-refractivity contribution in [2.45, 2.75) is 12.3 Å². The first-order valence-corrected chi connectivity index (χ1v) is 7.37. The minimum absolute atomic E-state index is 0.316. The Labute approximate surface area is 132 Å². The Balaban J connectivity index is 2.05.